The van der Waals surface area contributed by atoms with Gasteiger partial charge in [0.1, 0.15) is 0 Å². The highest BCUT2D eigenvalue weighted by Gasteiger charge is 2.26. The molecule has 0 aliphatic carbocycles. The van der Waals surface area contributed by atoms with E-state index >= 15 is 0 Å². The van der Waals surface area contributed by atoms with Gasteiger partial charge >= 0.3 is 0 Å². The van der Waals surface area contributed by atoms with Gasteiger partial charge < -0.3 is 20.0 Å². The third kappa shape index (κ3) is 6.23. The third-order valence-corrected chi connectivity index (χ3v) is 5.38. The molecule has 1 saturated heterocycles. The van der Waals surface area contributed by atoms with Gasteiger partial charge in [0.15, 0.2) is 13.1 Å². The average molecular weight is 390 g/mol. The average Bonchev–Trinajstić information content (AvgIpc) is 2.62. The number of quaternary nitrogens is 1. The van der Waals surface area contributed by atoms with Crippen LogP contribution in [0.4, 0.5) is 5.69 Å². The van der Waals surface area contributed by atoms with E-state index in [2.05, 4.69) is 42.3 Å². The summed E-state index contributed by atoms with van der Waals surface area (Å²) in [6.07, 6.45) is 0. The van der Waals surface area contributed by atoms with Crippen molar-refractivity contribution in [3.63, 3.8) is 0 Å². The first-order chi connectivity index (χ1) is 13.1. The van der Waals surface area contributed by atoms with Crippen LogP contribution in [0.25, 0.3) is 0 Å². The number of nitrogens with zero attached hydrogens (tertiary/aromatic N) is 2. The summed E-state index contributed by atoms with van der Waals surface area (Å²) < 4.78 is 0. The van der Waals surface area contributed by atoms with Crippen LogP contribution in [0.15, 0.2) is 18.2 Å². The van der Waals surface area contributed by atoms with E-state index in [1.807, 2.05) is 32.6 Å². The summed E-state index contributed by atoms with van der Waals surface area (Å²) in [5.74, 6) is 0.137. The van der Waals surface area contributed by atoms with Gasteiger partial charge in [-0.25, -0.2) is 0 Å². The van der Waals surface area contributed by atoms with Gasteiger partial charge in [-0.05, 0) is 58.7 Å². The minimum absolute atomic E-state index is 0.00288. The molecule has 1 heterocycles. The zero-order valence-electron chi connectivity index (χ0n) is 18.4. The maximum atomic E-state index is 12.8. The number of benzene rings is 1. The molecule has 1 unspecified atom stereocenters. The predicted molar refractivity (Wildman–Crippen MR) is 114 cm³/mol. The molecule has 2 amide bonds. The van der Waals surface area contributed by atoms with Crippen LogP contribution in [-0.2, 0) is 9.59 Å². The SMILES string of the molecule is CC[NH+](CC(=O)NC(C)(C)C)CC(=O)N1CCN(c2cccc(C)c2C)CC1. The van der Waals surface area contributed by atoms with Crippen molar-refractivity contribution in [3.05, 3.63) is 29.3 Å². The summed E-state index contributed by atoms with van der Waals surface area (Å²) in [4.78, 5) is 30.2. The molecule has 28 heavy (non-hydrogen) atoms. The molecule has 0 aromatic heterocycles. The second-order valence-corrected chi connectivity index (χ2v) is 8.84. The summed E-state index contributed by atoms with van der Waals surface area (Å²) in [7, 11) is 0. The van der Waals surface area contributed by atoms with E-state index in [1.54, 1.807) is 0 Å². The molecule has 0 spiro atoms. The Morgan fingerprint density at radius 1 is 1.07 bits per heavy atom. The van der Waals surface area contributed by atoms with E-state index < -0.39 is 0 Å². The van der Waals surface area contributed by atoms with Crippen molar-refractivity contribution in [1.29, 1.82) is 0 Å². The highest BCUT2D eigenvalue weighted by Crippen LogP contribution is 2.23. The van der Waals surface area contributed by atoms with Crippen LogP contribution in [0, 0.1) is 13.8 Å². The van der Waals surface area contributed by atoms with Crippen LogP contribution in [-0.4, -0.2) is 68.1 Å². The zero-order valence-corrected chi connectivity index (χ0v) is 18.4. The molecule has 1 atom stereocenters. The Bertz CT molecular complexity index is 688. The van der Waals surface area contributed by atoms with Crippen molar-refractivity contribution in [2.45, 2.75) is 47.1 Å². The first-order valence-corrected chi connectivity index (χ1v) is 10.3. The second-order valence-electron chi connectivity index (χ2n) is 8.84. The fraction of sp³-hybridized carbons (Fsp3) is 0.636. The van der Waals surface area contributed by atoms with E-state index in [-0.39, 0.29) is 17.4 Å². The lowest BCUT2D eigenvalue weighted by molar-refractivity contribution is -0.882. The Morgan fingerprint density at radius 3 is 2.29 bits per heavy atom. The number of hydrogen-bond donors (Lipinski definition) is 2. The van der Waals surface area contributed by atoms with Gasteiger partial charge in [0.25, 0.3) is 11.8 Å². The maximum Gasteiger partial charge on any atom is 0.277 e. The molecule has 0 bridgehead atoms. The molecule has 6 heteroatoms. The standard InChI is InChI=1S/C22H36N4O2/c1-7-24(15-20(27)23-22(4,5)6)16-21(28)26-13-11-25(12-14-26)19-10-8-9-17(2)18(19)3/h8-10H,7,11-16H2,1-6H3,(H,23,27)/p+1. The molecule has 1 aliphatic heterocycles. The summed E-state index contributed by atoms with van der Waals surface area (Å²) in [6, 6.07) is 6.40. The van der Waals surface area contributed by atoms with Gasteiger partial charge in [-0.2, -0.15) is 0 Å². The molecule has 6 nitrogen and oxygen atoms in total. The van der Waals surface area contributed by atoms with E-state index in [0.717, 1.165) is 37.6 Å². The van der Waals surface area contributed by atoms with Crippen molar-refractivity contribution in [2.75, 3.05) is 50.7 Å². The number of anilines is 1. The van der Waals surface area contributed by atoms with Crippen LogP contribution in [0.5, 0.6) is 0 Å². The van der Waals surface area contributed by atoms with Crippen LogP contribution in [0.2, 0.25) is 0 Å². The molecular weight excluding hydrogens is 352 g/mol. The van der Waals surface area contributed by atoms with E-state index in [4.69, 9.17) is 0 Å². The number of piperazine rings is 1. The van der Waals surface area contributed by atoms with Crippen molar-refractivity contribution in [1.82, 2.24) is 10.2 Å². The number of amides is 2. The molecule has 1 fully saturated rings. The number of carbonyl (C=O) groups excluding carboxylic acids is 2. The summed E-state index contributed by atoms with van der Waals surface area (Å²) in [5.41, 5.74) is 3.64. The maximum absolute atomic E-state index is 12.8. The second kappa shape index (κ2) is 9.41. The number of hydrogen-bond acceptors (Lipinski definition) is 3. The zero-order chi connectivity index (χ0) is 20.9. The Hall–Kier alpha value is -2.08. The Kier molecular flexibility index (Phi) is 7.47. The first-order valence-electron chi connectivity index (χ1n) is 10.3. The Balaban J connectivity index is 1.87. The first kappa shape index (κ1) is 22.2. The lowest BCUT2D eigenvalue weighted by Gasteiger charge is -2.37. The summed E-state index contributed by atoms with van der Waals surface area (Å²) in [5, 5.41) is 2.98. The molecule has 2 N–H and O–H groups in total. The predicted octanol–water partition coefficient (Wildman–Crippen LogP) is 0.772. The van der Waals surface area contributed by atoms with Crippen LogP contribution in [0.3, 0.4) is 0 Å². The van der Waals surface area contributed by atoms with Gasteiger partial charge in [0.05, 0.1) is 6.54 Å². The molecule has 156 valence electrons. The molecule has 0 radical (unpaired) electrons. The van der Waals surface area contributed by atoms with Crippen LogP contribution in [0.1, 0.15) is 38.8 Å². The van der Waals surface area contributed by atoms with Crippen molar-refractivity contribution >= 4 is 17.5 Å². The van der Waals surface area contributed by atoms with Crippen molar-refractivity contribution in [2.24, 2.45) is 0 Å². The van der Waals surface area contributed by atoms with Gasteiger partial charge in [-0.1, -0.05) is 12.1 Å². The smallest absolute Gasteiger partial charge is 0.277 e. The number of rotatable bonds is 6. The third-order valence-electron chi connectivity index (χ3n) is 5.38. The fourth-order valence-corrected chi connectivity index (χ4v) is 3.60. The number of nitrogens with one attached hydrogen (secondary N) is 2. The lowest BCUT2D eigenvalue weighted by atomic mass is 10.1. The van der Waals surface area contributed by atoms with Gasteiger partial charge in [-0.15, -0.1) is 0 Å². The monoisotopic (exact) mass is 389 g/mol. The Morgan fingerprint density at radius 2 is 1.71 bits per heavy atom. The molecule has 0 saturated carbocycles. The van der Waals surface area contributed by atoms with Gasteiger partial charge in [0.2, 0.25) is 0 Å². The van der Waals surface area contributed by atoms with E-state index in [1.165, 1.54) is 16.8 Å². The molecule has 2 rings (SSSR count). The number of carbonyl (C=O) groups is 2. The molecular formula is C22H37N4O2+. The van der Waals surface area contributed by atoms with E-state index in [0.29, 0.717) is 13.1 Å². The molecule has 1 aromatic rings. The highest BCUT2D eigenvalue weighted by molar-refractivity contribution is 5.79. The van der Waals surface area contributed by atoms with Crippen molar-refractivity contribution < 1.29 is 14.5 Å². The van der Waals surface area contributed by atoms with Gasteiger partial charge in [-0.3, -0.25) is 9.59 Å². The molecule has 1 aromatic carbocycles. The lowest BCUT2D eigenvalue weighted by Crippen LogP contribution is -3.14. The quantitative estimate of drug-likeness (QED) is 0.756. The van der Waals surface area contributed by atoms with Crippen molar-refractivity contribution in [3.8, 4) is 0 Å². The molecule has 1 aliphatic rings. The number of likely N-dealkylation sites (N-methyl/N-ethyl adjacent to an activating group) is 1. The van der Waals surface area contributed by atoms with E-state index in [9.17, 15) is 9.59 Å². The Labute approximate surface area is 169 Å². The topological polar surface area (TPSA) is 57.1 Å². The summed E-state index contributed by atoms with van der Waals surface area (Å²) >= 11 is 0. The minimum Gasteiger partial charge on any atom is -0.368 e. The summed E-state index contributed by atoms with van der Waals surface area (Å²) in [6.45, 7) is 16.9. The van der Waals surface area contributed by atoms with Crippen LogP contribution < -0.4 is 15.1 Å². The minimum atomic E-state index is -0.246. The normalized spacial score (nSPS) is 16.1. The van der Waals surface area contributed by atoms with Crippen LogP contribution >= 0.6 is 0 Å². The largest absolute Gasteiger partial charge is 0.368 e. The van der Waals surface area contributed by atoms with Gasteiger partial charge in [0, 0.05) is 37.4 Å². The number of aryl methyl sites for hydroxylation is 1. The highest BCUT2D eigenvalue weighted by atomic mass is 16.2. The fourth-order valence-electron chi connectivity index (χ4n) is 3.60.